The van der Waals surface area contributed by atoms with E-state index in [4.69, 9.17) is 21.9 Å². The number of aromatic nitrogens is 2. The van der Waals surface area contributed by atoms with E-state index in [0.717, 1.165) is 16.9 Å². The van der Waals surface area contributed by atoms with E-state index in [9.17, 15) is 0 Å². The second kappa shape index (κ2) is 8.59. The summed E-state index contributed by atoms with van der Waals surface area (Å²) >= 11 is 6.38. The number of nitriles is 1. The quantitative estimate of drug-likeness (QED) is 0.563. The van der Waals surface area contributed by atoms with Gasteiger partial charge in [-0.05, 0) is 30.3 Å². The Hall–Kier alpha value is -3.63. The van der Waals surface area contributed by atoms with Crippen molar-refractivity contribution in [2.75, 3.05) is 23.7 Å². The molecule has 0 spiro atoms. The first-order chi connectivity index (χ1) is 14.2. The van der Waals surface area contributed by atoms with Crippen molar-refractivity contribution in [2.24, 2.45) is 4.99 Å². The minimum atomic E-state index is -0.202. The lowest BCUT2D eigenvalue weighted by atomic mass is 10.1. The average Bonchev–Trinajstić information content (AvgIpc) is 2.77. The second-order valence-electron chi connectivity index (χ2n) is 6.34. The van der Waals surface area contributed by atoms with Gasteiger partial charge >= 0.3 is 0 Å². The fourth-order valence-electron chi connectivity index (χ4n) is 3.01. The van der Waals surface area contributed by atoms with Gasteiger partial charge in [0.2, 0.25) is 0 Å². The standard InChI is InChI=1S/C21H18ClN7/c22-16-5-2-1-4-15(16)20-28-17-6-3-9-25-19(17)21(29-20)26-11-10-24-18-8-7-14(12-23)13-27-18/h1-9,13,20,28H,10-11H2,(H,24,27)(H,26,29). The predicted molar refractivity (Wildman–Crippen MR) is 114 cm³/mol. The van der Waals surface area contributed by atoms with Gasteiger partial charge < -0.3 is 16.0 Å². The monoisotopic (exact) mass is 403 g/mol. The van der Waals surface area contributed by atoms with Gasteiger partial charge in [-0.1, -0.05) is 29.8 Å². The van der Waals surface area contributed by atoms with E-state index in [0.29, 0.717) is 35.3 Å². The summed E-state index contributed by atoms with van der Waals surface area (Å²) in [6, 6.07) is 17.1. The fourth-order valence-corrected chi connectivity index (χ4v) is 3.25. The molecule has 0 fully saturated rings. The Balaban J connectivity index is 1.48. The number of halogens is 1. The van der Waals surface area contributed by atoms with Gasteiger partial charge in [0, 0.05) is 29.5 Å². The van der Waals surface area contributed by atoms with Crippen molar-refractivity contribution in [3.63, 3.8) is 0 Å². The number of nitrogens with one attached hydrogen (secondary N) is 3. The molecule has 0 saturated carbocycles. The van der Waals surface area contributed by atoms with Crippen molar-refractivity contribution < 1.29 is 0 Å². The van der Waals surface area contributed by atoms with Crippen LogP contribution in [0.25, 0.3) is 0 Å². The molecule has 8 heteroatoms. The van der Waals surface area contributed by atoms with Gasteiger partial charge in [-0.2, -0.15) is 5.26 Å². The highest BCUT2D eigenvalue weighted by Crippen LogP contribution is 2.29. The molecule has 1 aliphatic rings. The van der Waals surface area contributed by atoms with E-state index in [1.165, 1.54) is 6.20 Å². The van der Waals surface area contributed by atoms with Gasteiger partial charge in [0.1, 0.15) is 23.7 Å². The fraction of sp³-hybridized carbons (Fsp3) is 0.143. The highest BCUT2D eigenvalue weighted by atomic mass is 35.5. The number of rotatable bonds is 5. The molecular weight excluding hydrogens is 386 g/mol. The lowest BCUT2D eigenvalue weighted by Crippen LogP contribution is -2.40. The zero-order valence-corrected chi connectivity index (χ0v) is 16.2. The molecule has 1 atom stereocenters. The lowest BCUT2D eigenvalue weighted by molar-refractivity contribution is 0.712. The number of aliphatic imine (C=N–C) groups is 1. The maximum absolute atomic E-state index is 8.83. The summed E-state index contributed by atoms with van der Waals surface area (Å²) in [7, 11) is 0. The summed E-state index contributed by atoms with van der Waals surface area (Å²) in [5.74, 6) is 1.41. The number of hydrogen-bond acceptors (Lipinski definition) is 6. The molecule has 3 heterocycles. The summed E-state index contributed by atoms with van der Waals surface area (Å²) in [6.07, 6.45) is 3.08. The zero-order valence-electron chi connectivity index (χ0n) is 15.4. The molecule has 2 aromatic heterocycles. The molecule has 144 valence electrons. The number of fused-ring (bicyclic) bond motifs is 1. The topological polar surface area (TPSA) is 98.0 Å². The van der Waals surface area contributed by atoms with Crippen LogP contribution in [-0.4, -0.2) is 28.9 Å². The highest BCUT2D eigenvalue weighted by molar-refractivity contribution is 6.31. The third-order valence-corrected chi connectivity index (χ3v) is 4.75. The number of nitrogens with zero attached hydrogens (tertiary/aromatic N) is 4. The van der Waals surface area contributed by atoms with Gasteiger partial charge in [-0.25, -0.2) is 4.98 Å². The van der Waals surface area contributed by atoms with Crippen molar-refractivity contribution in [3.05, 3.63) is 82.8 Å². The van der Waals surface area contributed by atoms with E-state index in [2.05, 4.69) is 32.0 Å². The van der Waals surface area contributed by atoms with Gasteiger partial charge in [-0.15, -0.1) is 0 Å². The molecule has 7 nitrogen and oxygen atoms in total. The zero-order chi connectivity index (χ0) is 20.1. The molecule has 1 aromatic carbocycles. The Morgan fingerprint density at radius 1 is 1.10 bits per heavy atom. The van der Waals surface area contributed by atoms with Crippen molar-refractivity contribution in [1.29, 1.82) is 5.26 Å². The summed E-state index contributed by atoms with van der Waals surface area (Å²) in [5, 5.41) is 19.5. The molecule has 0 bridgehead atoms. The van der Waals surface area contributed by atoms with Crippen LogP contribution in [0.2, 0.25) is 5.02 Å². The SMILES string of the molecule is N#Cc1ccc(NCCN=C2NC(c3ccccc3Cl)Nc3cccnc32)nc1. The van der Waals surface area contributed by atoms with E-state index in [-0.39, 0.29) is 6.17 Å². The number of benzene rings is 1. The molecule has 0 aliphatic carbocycles. The predicted octanol–water partition coefficient (Wildman–Crippen LogP) is 3.57. The Morgan fingerprint density at radius 2 is 2.00 bits per heavy atom. The van der Waals surface area contributed by atoms with E-state index >= 15 is 0 Å². The maximum Gasteiger partial charge on any atom is 0.151 e. The normalized spacial score (nSPS) is 16.3. The minimum Gasteiger partial charge on any atom is -0.368 e. The minimum absolute atomic E-state index is 0.202. The van der Waals surface area contributed by atoms with Crippen LogP contribution in [0.3, 0.4) is 0 Å². The summed E-state index contributed by atoms with van der Waals surface area (Å²) in [6.45, 7) is 1.12. The second-order valence-corrected chi connectivity index (χ2v) is 6.75. The number of hydrogen-bond donors (Lipinski definition) is 3. The Morgan fingerprint density at radius 3 is 2.79 bits per heavy atom. The number of anilines is 2. The van der Waals surface area contributed by atoms with Crippen LogP contribution < -0.4 is 16.0 Å². The van der Waals surface area contributed by atoms with Crippen LogP contribution in [0.4, 0.5) is 11.5 Å². The molecule has 0 amide bonds. The molecule has 3 aromatic rings. The third kappa shape index (κ3) is 4.28. The summed E-state index contributed by atoms with van der Waals surface area (Å²) in [4.78, 5) is 13.3. The van der Waals surface area contributed by atoms with E-state index < -0.39 is 0 Å². The lowest BCUT2D eigenvalue weighted by Gasteiger charge is -2.30. The van der Waals surface area contributed by atoms with Gasteiger partial charge in [0.25, 0.3) is 0 Å². The summed E-state index contributed by atoms with van der Waals surface area (Å²) in [5.41, 5.74) is 3.14. The first-order valence-corrected chi connectivity index (χ1v) is 9.50. The van der Waals surface area contributed by atoms with E-state index in [1.807, 2.05) is 36.4 Å². The smallest absolute Gasteiger partial charge is 0.151 e. The van der Waals surface area contributed by atoms with Crippen LogP contribution in [0, 0.1) is 11.3 Å². The Labute approximate surface area is 173 Å². The molecule has 0 saturated heterocycles. The van der Waals surface area contributed by atoms with Crippen LogP contribution in [-0.2, 0) is 0 Å². The first kappa shape index (κ1) is 18.7. The van der Waals surface area contributed by atoms with Crippen LogP contribution in [0.1, 0.15) is 23.0 Å². The maximum atomic E-state index is 8.83. The van der Waals surface area contributed by atoms with Crippen molar-refractivity contribution >= 4 is 28.9 Å². The molecular formula is C21H18ClN7. The van der Waals surface area contributed by atoms with Crippen molar-refractivity contribution in [3.8, 4) is 6.07 Å². The molecule has 4 rings (SSSR count). The van der Waals surface area contributed by atoms with Crippen molar-refractivity contribution in [1.82, 2.24) is 15.3 Å². The molecule has 0 radical (unpaired) electrons. The van der Waals surface area contributed by atoms with E-state index in [1.54, 1.807) is 18.3 Å². The molecule has 1 aliphatic heterocycles. The first-order valence-electron chi connectivity index (χ1n) is 9.12. The average molecular weight is 404 g/mol. The van der Waals surface area contributed by atoms with Crippen molar-refractivity contribution in [2.45, 2.75) is 6.17 Å². The van der Waals surface area contributed by atoms with Gasteiger partial charge in [-0.3, -0.25) is 9.98 Å². The largest absolute Gasteiger partial charge is 0.368 e. The van der Waals surface area contributed by atoms with Gasteiger partial charge in [0.15, 0.2) is 5.84 Å². The third-order valence-electron chi connectivity index (χ3n) is 4.41. The number of amidine groups is 1. The molecule has 1 unspecified atom stereocenters. The Kier molecular flexibility index (Phi) is 5.54. The van der Waals surface area contributed by atoms with Gasteiger partial charge in [0.05, 0.1) is 17.8 Å². The van der Waals surface area contributed by atoms with Crippen LogP contribution in [0.15, 0.2) is 65.9 Å². The van der Waals surface area contributed by atoms with Crippen LogP contribution >= 0.6 is 11.6 Å². The molecule has 29 heavy (non-hydrogen) atoms. The highest BCUT2D eigenvalue weighted by Gasteiger charge is 2.25. The van der Waals surface area contributed by atoms with Crippen LogP contribution in [0.5, 0.6) is 0 Å². The summed E-state index contributed by atoms with van der Waals surface area (Å²) < 4.78 is 0. The Bertz CT molecular complexity index is 1070. The molecule has 3 N–H and O–H groups in total. The number of pyridine rings is 2.